The van der Waals surface area contributed by atoms with E-state index in [4.69, 9.17) is 9.47 Å². The summed E-state index contributed by atoms with van der Waals surface area (Å²) in [5.41, 5.74) is 1.52. The normalized spacial score (nSPS) is 14.2. The number of halogens is 1. The number of methoxy groups -OCH3 is 1. The highest BCUT2D eigenvalue weighted by Crippen LogP contribution is 2.36. The van der Waals surface area contributed by atoms with E-state index in [9.17, 15) is 4.79 Å². The second-order valence-electron chi connectivity index (χ2n) is 6.14. The number of aromatic nitrogens is 2. The summed E-state index contributed by atoms with van der Waals surface area (Å²) in [5, 5.41) is 1.86. The third kappa shape index (κ3) is 3.50. The molecule has 1 saturated carbocycles. The molecule has 0 unspecified atom stereocenters. The lowest BCUT2D eigenvalue weighted by molar-refractivity contribution is 0.280. The molecule has 1 aliphatic carbocycles. The minimum Gasteiger partial charge on any atom is -0.493 e. The summed E-state index contributed by atoms with van der Waals surface area (Å²) in [6.45, 7) is 0.708. The lowest BCUT2D eigenvalue weighted by atomic mass is 10.1. The maximum absolute atomic E-state index is 12.4. The SMILES string of the molecule is COc1cccc(C=Cc2nc3sccn3c(=O)c2I)c1OCC1CC1. The average Bonchev–Trinajstić information content (AvgIpc) is 3.37. The van der Waals surface area contributed by atoms with Crippen LogP contribution in [-0.2, 0) is 0 Å². The molecule has 0 atom stereocenters. The standard InChI is InChI=1S/C19H17IN2O3S/c1-24-15-4-2-3-13(17(15)25-11-12-5-6-12)7-8-14-16(20)18(23)22-9-10-26-19(22)21-14/h2-4,7-10,12H,5-6,11H2,1H3. The van der Waals surface area contributed by atoms with Crippen molar-refractivity contribution in [3.8, 4) is 11.5 Å². The van der Waals surface area contributed by atoms with Crippen LogP contribution in [-0.4, -0.2) is 23.1 Å². The molecular weight excluding hydrogens is 463 g/mol. The second-order valence-corrected chi connectivity index (χ2v) is 8.09. The monoisotopic (exact) mass is 480 g/mol. The Morgan fingerprint density at radius 2 is 2.23 bits per heavy atom. The highest BCUT2D eigenvalue weighted by Gasteiger charge is 2.23. The maximum atomic E-state index is 12.4. The molecule has 0 bridgehead atoms. The van der Waals surface area contributed by atoms with Crippen LogP contribution >= 0.6 is 33.9 Å². The molecule has 1 aliphatic rings. The van der Waals surface area contributed by atoms with Crippen LogP contribution in [0.4, 0.5) is 0 Å². The number of ether oxygens (including phenoxy) is 2. The lowest BCUT2D eigenvalue weighted by Gasteiger charge is -2.13. The largest absolute Gasteiger partial charge is 0.493 e. The van der Waals surface area contributed by atoms with Gasteiger partial charge in [-0.25, -0.2) is 4.98 Å². The topological polar surface area (TPSA) is 52.8 Å². The number of rotatable bonds is 6. The fraction of sp³-hybridized carbons (Fsp3) is 0.263. The van der Waals surface area contributed by atoms with Gasteiger partial charge in [0.15, 0.2) is 16.5 Å². The highest BCUT2D eigenvalue weighted by molar-refractivity contribution is 14.1. The molecule has 4 rings (SSSR count). The molecule has 0 radical (unpaired) electrons. The summed E-state index contributed by atoms with van der Waals surface area (Å²) in [7, 11) is 1.64. The van der Waals surface area contributed by atoms with Crippen LogP contribution in [0.2, 0.25) is 0 Å². The molecule has 0 spiro atoms. The Hall–Kier alpha value is -1.87. The molecule has 2 aromatic heterocycles. The summed E-state index contributed by atoms with van der Waals surface area (Å²) >= 11 is 3.49. The molecule has 26 heavy (non-hydrogen) atoms. The Balaban J connectivity index is 1.70. The van der Waals surface area contributed by atoms with E-state index in [0.717, 1.165) is 11.3 Å². The number of nitrogens with zero attached hydrogens (tertiary/aromatic N) is 2. The number of hydrogen-bond acceptors (Lipinski definition) is 5. The van der Waals surface area contributed by atoms with Gasteiger partial charge >= 0.3 is 0 Å². The summed E-state index contributed by atoms with van der Waals surface area (Å²) in [4.78, 5) is 17.7. The minimum absolute atomic E-state index is 0.0488. The van der Waals surface area contributed by atoms with Crippen LogP contribution < -0.4 is 15.0 Å². The predicted octanol–water partition coefficient (Wildman–Crippen LogP) is 4.33. The molecular formula is C19H17IN2O3S. The number of benzene rings is 1. The molecule has 0 N–H and O–H groups in total. The first-order valence-corrected chi connectivity index (χ1v) is 10.3. The van der Waals surface area contributed by atoms with E-state index in [0.29, 0.717) is 32.5 Å². The summed E-state index contributed by atoms with van der Waals surface area (Å²) in [6, 6.07) is 5.80. The molecule has 1 fully saturated rings. The number of fused-ring (bicyclic) bond motifs is 1. The van der Waals surface area contributed by atoms with Gasteiger partial charge in [-0.15, -0.1) is 11.3 Å². The minimum atomic E-state index is -0.0488. The van der Waals surface area contributed by atoms with Gasteiger partial charge in [-0.2, -0.15) is 0 Å². The van der Waals surface area contributed by atoms with E-state index in [1.165, 1.54) is 24.2 Å². The molecule has 1 aromatic carbocycles. The zero-order chi connectivity index (χ0) is 18.1. The van der Waals surface area contributed by atoms with Gasteiger partial charge in [-0.1, -0.05) is 12.1 Å². The average molecular weight is 480 g/mol. The van der Waals surface area contributed by atoms with Crippen molar-refractivity contribution in [3.05, 3.63) is 55.0 Å². The Kier molecular flexibility index (Phi) is 4.99. The first kappa shape index (κ1) is 17.5. The second kappa shape index (κ2) is 7.40. The quantitative estimate of drug-likeness (QED) is 0.493. The van der Waals surface area contributed by atoms with Crippen molar-refractivity contribution < 1.29 is 9.47 Å². The van der Waals surface area contributed by atoms with Gasteiger partial charge < -0.3 is 9.47 Å². The van der Waals surface area contributed by atoms with Gasteiger partial charge in [-0.3, -0.25) is 9.20 Å². The third-order valence-electron chi connectivity index (χ3n) is 4.25. The van der Waals surface area contributed by atoms with Crippen LogP contribution in [0.5, 0.6) is 11.5 Å². The zero-order valence-electron chi connectivity index (χ0n) is 14.1. The van der Waals surface area contributed by atoms with Gasteiger partial charge in [0.25, 0.3) is 5.56 Å². The van der Waals surface area contributed by atoms with E-state index < -0.39 is 0 Å². The first-order valence-electron chi connectivity index (χ1n) is 8.30. The molecule has 0 aliphatic heterocycles. The first-order chi connectivity index (χ1) is 12.7. The van der Waals surface area contributed by atoms with Crippen molar-refractivity contribution in [1.82, 2.24) is 9.38 Å². The Morgan fingerprint density at radius 3 is 3.00 bits per heavy atom. The predicted molar refractivity (Wildman–Crippen MR) is 112 cm³/mol. The van der Waals surface area contributed by atoms with Crippen LogP contribution in [0.1, 0.15) is 24.1 Å². The van der Waals surface area contributed by atoms with Crippen LogP contribution in [0.3, 0.4) is 0 Å². The molecule has 3 aromatic rings. The fourth-order valence-electron chi connectivity index (χ4n) is 2.62. The van der Waals surface area contributed by atoms with Gasteiger partial charge in [0.1, 0.15) is 3.57 Å². The Labute approximate surface area is 168 Å². The molecule has 5 nitrogen and oxygen atoms in total. The van der Waals surface area contributed by atoms with E-state index in [-0.39, 0.29) is 5.56 Å². The summed E-state index contributed by atoms with van der Waals surface area (Å²) in [6.07, 6.45) is 8.00. The van der Waals surface area contributed by atoms with Gasteiger partial charge in [0.05, 0.1) is 19.4 Å². The van der Waals surface area contributed by atoms with Crippen molar-refractivity contribution >= 4 is 51.0 Å². The van der Waals surface area contributed by atoms with Crippen molar-refractivity contribution in [3.63, 3.8) is 0 Å². The van der Waals surface area contributed by atoms with Crippen molar-refractivity contribution in [2.75, 3.05) is 13.7 Å². The smallest absolute Gasteiger partial charge is 0.272 e. The number of hydrogen-bond donors (Lipinski definition) is 0. The molecule has 0 saturated heterocycles. The van der Waals surface area contributed by atoms with Gasteiger partial charge in [0.2, 0.25) is 0 Å². The van der Waals surface area contributed by atoms with Crippen molar-refractivity contribution in [2.24, 2.45) is 5.92 Å². The van der Waals surface area contributed by atoms with Gasteiger partial charge in [-0.05, 0) is 59.6 Å². The van der Waals surface area contributed by atoms with E-state index >= 15 is 0 Å². The summed E-state index contributed by atoms with van der Waals surface area (Å²) < 4.78 is 13.6. The summed E-state index contributed by atoms with van der Waals surface area (Å²) in [5.74, 6) is 2.10. The zero-order valence-corrected chi connectivity index (χ0v) is 17.1. The third-order valence-corrected chi connectivity index (χ3v) is 6.02. The van der Waals surface area contributed by atoms with Crippen molar-refractivity contribution in [2.45, 2.75) is 12.8 Å². The number of thiazole rings is 1. The number of para-hydroxylation sites is 1. The van der Waals surface area contributed by atoms with Gasteiger partial charge in [0, 0.05) is 17.1 Å². The maximum Gasteiger partial charge on any atom is 0.272 e. The van der Waals surface area contributed by atoms with Crippen LogP contribution in [0.25, 0.3) is 17.1 Å². The Bertz CT molecular complexity index is 1040. The van der Waals surface area contributed by atoms with E-state index in [2.05, 4.69) is 27.6 Å². The fourth-order valence-corrected chi connectivity index (χ4v) is 3.89. The highest BCUT2D eigenvalue weighted by atomic mass is 127. The molecule has 7 heteroatoms. The molecule has 2 heterocycles. The van der Waals surface area contributed by atoms with E-state index in [1.807, 2.05) is 35.7 Å². The van der Waals surface area contributed by atoms with Crippen LogP contribution in [0.15, 0.2) is 34.6 Å². The molecule has 134 valence electrons. The van der Waals surface area contributed by atoms with E-state index in [1.54, 1.807) is 17.7 Å². The lowest BCUT2D eigenvalue weighted by Crippen LogP contribution is -2.17. The Morgan fingerprint density at radius 1 is 1.38 bits per heavy atom. The molecule has 0 amide bonds. The van der Waals surface area contributed by atoms with Crippen molar-refractivity contribution in [1.29, 1.82) is 0 Å². The van der Waals surface area contributed by atoms with Crippen LogP contribution in [0, 0.1) is 9.49 Å².